The number of hydrogen-bond acceptors (Lipinski definition) is 9. The van der Waals surface area contributed by atoms with Gasteiger partial charge in [-0.3, -0.25) is 5.10 Å². The Morgan fingerprint density at radius 1 is 1.16 bits per heavy atom. The highest BCUT2D eigenvalue weighted by atomic mass is 16.5. The summed E-state index contributed by atoms with van der Waals surface area (Å²) in [6, 6.07) is 6.09. The van der Waals surface area contributed by atoms with E-state index in [1.165, 1.54) is 18.5 Å². The highest BCUT2D eigenvalue weighted by Crippen LogP contribution is 2.40. The molecule has 0 unspecified atom stereocenters. The summed E-state index contributed by atoms with van der Waals surface area (Å²) in [6.07, 6.45) is 2.46. The largest absolute Gasteiger partial charge is 0.378 e. The highest BCUT2D eigenvalue weighted by molar-refractivity contribution is 5.62. The van der Waals surface area contributed by atoms with Crippen LogP contribution in [0.2, 0.25) is 0 Å². The smallest absolute Gasteiger partial charge is 0.227 e. The first-order chi connectivity index (χ1) is 15.6. The van der Waals surface area contributed by atoms with E-state index >= 15 is 0 Å². The molecule has 5 rings (SSSR count). The zero-order valence-corrected chi connectivity index (χ0v) is 18.8. The van der Waals surface area contributed by atoms with Crippen LogP contribution in [0.5, 0.6) is 0 Å². The number of morpholine rings is 1. The molecule has 1 saturated heterocycles. The van der Waals surface area contributed by atoms with Gasteiger partial charge in [0.1, 0.15) is 11.6 Å². The van der Waals surface area contributed by atoms with Crippen molar-refractivity contribution in [2.75, 3.05) is 48.5 Å². The van der Waals surface area contributed by atoms with Crippen LogP contribution < -0.4 is 15.1 Å². The molecule has 10 nitrogen and oxygen atoms in total. The van der Waals surface area contributed by atoms with E-state index in [-0.39, 0.29) is 0 Å². The molecule has 170 valence electrons. The van der Waals surface area contributed by atoms with Crippen molar-refractivity contribution in [3.05, 3.63) is 35.3 Å². The van der Waals surface area contributed by atoms with Gasteiger partial charge in [0.25, 0.3) is 0 Å². The van der Waals surface area contributed by atoms with Crippen LogP contribution in [0.25, 0.3) is 0 Å². The van der Waals surface area contributed by atoms with E-state index in [2.05, 4.69) is 45.5 Å². The minimum atomic E-state index is 0.322. The van der Waals surface area contributed by atoms with Gasteiger partial charge in [0.15, 0.2) is 11.6 Å². The van der Waals surface area contributed by atoms with Crippen LogP contribution in [0.15, 0.2) is 22.7 Å². The van der Waals surface area contributed by atoms with E-state index < -0.39 is 0 Å². The summed E-state index contributed by atoms with van der Waals surface area (Å²) in [4.78, 5) is 13.7. The van der Waals surface area contributed by atoms with Crippen molar-refractivity contribution in [3.63, 3.8) is 0 Å². The number of hydrogen-bond donors (Lipinski definition) is 2. The second kappa shape index (κ2) is 8.78. The minimum Gasteiger partial charge on any atom is -0.378 e. The molecule has 4 heterocycles. The Kier molecular flexibility index (Phi) is 5.69. The van der Waals surface area contributed by atoms with E-state index in [0.717, 1.165) is 42.0 Å². The summed E-state index contributed by atoms with van der Waals surface area (Å²) >= 11 is 0. The number of aromatic amines is 1. The van der Waals surface area contributed by atoms with Gasteiger partial charge in [-0.2, -0.15) is 15.1 Å². The van der Waals surface area contributed by atoms with Crippen molar-refractivity contribution in [2.45, 2.75) is 45.1 Å². The summed E-state index contributed by atoms with van der Waals surface area (Å²) in [6.45, 7) is 7.63. The Balaban J connectivity index is 1.39. The summed E-state index contributed by atoms with van der Waals surface area (Å²) in [5.41, 5.74) is 2.13. The van der Waals surface area contributed by atoms with Crippen molar-refractivity contribution in [3.8, 4) is 0 Å². The average Bonchev–Trinajstić information content (AvgIpc) is 3.34. The van der Waals surface area contributed by atoms with Crippen LogP contribution in [-0.4, -0.2) is 58.7 Å². The lowest BCUT2D eigenvalue weighted by Gasteiger charge is -2.29. The zero-order chi connectivity index (χ0) is 22.1. The molecule has 1 aliphatic heterocycles. The maximum Gasteiger partial charge on any atom is 0.227 e. The van der Waals surface area contributed by atoms with Crippen molar-refractivity contribution in [1.29, 1.82) is 0 Å². The van der Waals surface area contributed by atoms with Crippen LogP contribution >= 0.6 is 0 Å². The van der Waals surface area contributed by atoms with E-state index in [1.54, 1.807) is 0 Å². The van der Waals surface area contributed by atoms with Gasteiger partial charge in [-0.1, -0.05) is 19.0 Å². The van der Waals surface area contributed by atoms with Gasteiger partial charge < -0.3 is 24.4 Å². The first kappa shape index (κ1) is 20.7. The van der Waals surface area contributed by atoms with Crippen LogP contribution in [-0.2, 0) is 11.3 Å². The van der Waals surface area contributed by atoms with Crippen molar-refractivity contribution in [1.82, 2.24) is 25.3 Å². The molecular formula is C22H30N8O2. The van der Waals surface area contributed by atoms with Gasteiger partial charge in [-0.05, 0) is 18.8 Å². The number of nitrogens with zero attached hydrogens (tertiary/aromatic N) is 6. The number of nitrogens with one attached hydrogen (secondary N) is 2. The number of ether oxygens (including phenoxy) is 1. The molecule has 0 bridgehead atoms. The van der Waals surface area contributed by atoms with E-state index in [0.29, 0.717) is 37.5 Å². The van der Waals surface area contributed by atoms with E-state index in [4.69, 9.17) is 19.2 Å². The van der Waals surface area contributed by atoms with Gasteiger partial charge in [0.05, 0.1) is 25.5 Å². The van der Waals surface area contributed by atoms with Crippen LogP contribution in [0, 0.1) is 0 Å². The lowest BCUT2D eigenvalue weighted by atomic mass is 10.1. The molecule has 1 saturated carbocycles. The van der Waals surface area contributed by atoms with Crippen molar-refractivity contribution in [2.24, 2.45) is 0 Å². The molecule has 0 aromatic carbocycles. The van der Waals surface area contributed by atoms with Gasteiger partial charge >= 0.3 is 0 Å². The third-order valence-corrected chi connectivity index (χ3v) is 5.91. The summed E-state index contributed by atoms with van der Waals surface area (Å²) in [5.74, 6) is 4.73. The summed E-state index contributed by atoms with van der Waals surface area (Å²) in [5, 5.41) is 15.1. The van der Waals surface area contributed by atoms with Gasteiger partial charge in [0, 0.05) is 49.9 Å². The molecule has 32 heavy (non-hydrogen) atoms. The Labute approximate surface area is 187 Å². The van der Waals surface area contributed by atoms with Crippen LogP contribution in [0.1, 0.15) is 55.7 Å². The van der Waals surface area contributed by atoms with Gasteiger partial charge in [-0.15, -0.1) is 0 Å². The molecule has 0 amide bonds. The fraction of sp³-hybridized carbons (Fsp3) is 0.545. The molecule has 10 heteroatoms. The second-order valence-electron chi connectivity index (χ2n) is 8.75. The molecular weight excluding hydrogens is 408 g/mol. The third kappa shape index (κ3) is 4.55. The Hall–Kier alpha value is -3.14. The van der Waals surface area contributed by atoms with E-state index in [1.807, 2.05) is 24.1 Å². The maximum atomic E-state index is 5.51. The van der Waals surface area contributed by atoms with Gasteiger partial charge in [0.2, 0.25) is 5.95 Å². The number of H-pyrrole nitrogens is 1. The Bertz CT molecular complexity index is 1050. The molecule has 3 aromatic rings. The molecule has 0 radical (unpaired) electrons. The predicted molar refractivity (Wildman–Crippen MR) is 122 cm³/mol. The molecule has 2 N–H and O–H groups in total. The Morgan fingerprint density at radius 3 is 2.69 bits per heavy atom. The summed E-state index contributed by atoms with van der Waals surface area (Å²) < 4.78 is 11.0. The monoisotopic (exact) mass is 438 g/mol. The average molecular weight is 439 g/mol. The van der Waals surface area contributed by atoms with Crippen molar-refractivity contribution < 1.29 is 9.26 Å². The van der Waals surface area contributed by atoms with Crippen molar-refractivity contribution >= 4 is 23.4 Å². The first-order valence-electron chi connectivity index (χ1n) is 11.3. The molecule has 0 atom stereocenters. The molecule has 2 fully saturated rings. The second-order valence-corrected chi connectivity index (χ2v) is 8.75. The molecule has 0 spiro atoms. The number of rotatable bonds is 8. The highest BCUT2D eigenvalue weighted by Gasteiger charge is 2.26. The lowest BCUT2D eigenvalue weighted by molar-refractivity contribution is 0.122. The first-order valence-corrected chi connectivity index (χ1v) is 11.3. The normalized spacial score (nSPS) is 16.6. The topological polar surface area (TPSA) is 108 Å². The maximum absolute atomic E-state index is 5.51. The summed E-state index contributed by atoms with van der Waals surface area (Å²) in [7, 11) is 1.98. The number of aromatic nitrogens is 5. The molecule has 3 aromatic heterocycles. The van der Waals surface area contributed by atoms with E-state index in [9.17, 15) is 0 Å². The van der Waals surface area contributed by atoms with Crippen LogP contribution in [0.3, 0.4) is 0 Å². The van der Waals surface area contributed by atoms with Gasteiger partial charge in [-0.25, -0.2) is 0 Å². The number of anilines is 4. The van der Waals surface area contributed by atoms with Crippen LogP contribution in [0.4, 0.5) is 23.4 Å². The quantitative estimate of drug-likeness (QED) is 0.547. The lowest BCUT2D eigenvalue weighted by Crippen LogP contribution is -2.37. The molecule has 2 aliphatic rings. The zero-order valence-electron chi connectivity index (χ0n) is 18.8. The SMILES string of the molecule is CC(C)c1cc(CNc2nc(N3CCOCC3)cc(N(C)c3cc(C4CC4)[nH]n3)n2)on1. The third-order valence-electron chi connectivity index (χ3n) is 5.91. The molecule has 1 aliphatic carbocycles. The Morgan fingerprint density at radius 2 is 1.97 bits per heavy atom. The fourth-order valence-electron chi connectivity index (χ4n) is 3.70. The predicted octanol–water partition coefficient (Wildman–Crippen LogP) is 3.41. The minimum absolute atomic E-state index is 0.322. The standard InChI is InChI=1S/C22H30N8O2/c1-14(2)17-10-16(32-28-17)13-23-22-24-19(12-20(25-22)30-6-8-31-9-7-30)29(3)21-11-18(26-27-21)15-4-5-15/h10-12,14-15H,4-9,13H2,1-3H3,(H,26,27)(H,23,24,25). The fourth-order valence-corrected chi connectivity index (χ4v) is 3.70.